The first-order valence-electron chi connectivity index (χ1n) is 7.23. The van der Waals surface area contributed by atoms with Gasteiger partial charge in [0.25, 0.3) is 5.82 Å². The molecule has 4 aromatic rings. The van der Waals surface area contributed by atoms with Crippen molar-refractivity contribution in [1.82, 2.24) is 24.4 Å². The van der Waals surface area contributed by atoms with Gasteiger partial charge in [-0.2, -0.15) is 22.8 Å². The molecule has 0 saturated carbocycles. The number of fused-ring (bicyclic) bond motifs is 2. The lowest BCUT2D eigenvalue weighted by Crippen LogP contribution is -2.09. The van der Waals surface area contributed by atoms with Gasteiger partial charge in [0.1, 0.15) is 0 Å². The summed E-state index contributed by atoms with van der Waals surface area (Å²) in [6.45, 7) is 3.72. The first kappa shape index (κ1) is 14.7. The number of alkyl halides is 3. The van der Waals surface area contributed by atoms with Crippen LogP contribution in [0.25, 0.3) is 22.4 Å². The summed E-state index contributed by atoms with van der Waals surface area (Å²) in [6, 6.07) is 9.04. The fourth-order valence-corrected chi connectivity index (χ4v) is 2.79. The van der Waals surface area contributed by atoms with Gasteiger partial charge in [-0.05, 0) is 37.1 Å². The van der Waals surface area contributed by atoms with E-state index in [4.69, 9.17) is 0 Å². The number of hydrogen-bond acceptors (Lipinski definition) is 3. The van der Waals surface area contributed by atoms with Gasteiger partial charge in [-0.3, -0.25) is 0 Å². The summed E-state index contributed by atoms with van der Waals surface area (Å²) in [5.74, 6) is -0.750. The summed E-state index contributed by atoms with van der Waals surface area (Å²) in [5, 5.41) is 8.88. The van der Waals surface area contributed by atoms with Gasteiger partial charge in [-0.1, -0.05) is 18.2 Å². The third kappa shape index (κ3) is 2.14. The predicted octanol–water partition coefficient (Wildman–Crippen LogP) is 3.70. The number of hydrogen-bond donors (Lipinski definition) is 0. The Morgan fingerprint density at radius 1 is 1.08 bits per heavy atom. The zero-order chi connectivity index (χ0) is 17.1. The Balaban J connectivity index is 2.07. The molecule has 0 aliphatic heterocycles. The summed E-state index contributed by atoms with van der Waals surface area (Å²) in [5.41, 5.74) is 2.70. The molecule has 0 bridgehead atoms. The molecule has 0 atom stereocenters. The molecular weight excluding hydrogens is 319 g/mol. The third-order valence-electron chi connectivity index (χ3n) is 3.83. The number of nitrogens with zero attached hydrogens (tertiary/aromatic N) is 5. The average Bonchev–Trinajstić information content (AvgIpc) is 3.10. The molecule has 0 saturated heterocycles. The Hall–Kier alpha value is -2.90. The van der Waals surface area contributed by atoms with Crippen molar-refractivity contribution in [2.75, 3.05) is 0 Å². The fourth-order valence-electron chi connectivity index (χ4n) is 2.79. The van der Waals surface area contributed by atoms with Crippen LogP contribution in [0, 0.1) is 13.8 Å². The van der Waals surface area contributed by atoms with Gasteiger partial charge < -0.3 is 0 Å². The largest absolute Gasteiger partial charge is 0.453 e. The average molecular weight is 331 g/mol. The van der Waals surface area contributed by atoms with Crippen LogP contribution in [0.4, 0.5) is 13.2 Å². The second kappa shape index (κ2) is 4.80. The number of benzene rings is 1. The lowest BCUT2D eigenvalue weighted by molar-refractivity contribution is -0.144. The van der Waals surface area contributed by atoms with Gasteiger partial charge in [0.2, 0.25) is 0 Å². The summed E-state index contributed by atoms with van der Waals surface area (Å²) in [6.07, 6.45) is -2.92. The van der Waals surface area contributed by atoms with E-state index in [0.29, 0.717) is 5.82 Å². The van der Waals surface area contributed by atoms with Crippen molar-refractivity contribution in [2.24, 2.45) is 0 Å². The Morgan fingerprint density at radius 3 is 2.62 bits per heavy atom. The van der Waals surface area contributed by atoms with E-state index >= 15 is 0 Å². The molecule has 8 heteroatoms. The van der Waals surface area contributed by atoms with Gasteiger partial charge >= 0.3 is 6.18 Å². The molecular formula is C16H12F3N5. The van der Waals surface area contributed by atoms with Gasteiger partial charge in [-0.25, -0.2) is 9.67 Å². The van der Waals surface area contributed by atoms with Crippen LogP contribution < -0.4 is 0 Å². The van der Waals surface area contributed by atoms with Gasteiger partial charge in [0.05, 0.1) is 11.7 Å². The minimum Gasteiger partial charge on any atom is -0.214 e. The topological polar surface area (TPSA) is 48.0 Å². The van der Waals surface area contributed by atoms with E-state index in [1.165, 1.54) is 4.52 Å². The quantitative estimate of drug-likeness (QED) is 0.534. The summed E-state index contributed by atoms with van der Waals surface area (Å²) >= 11 is 0. The molecule has 0 aliphatic rings. The summed E-state index contributed by atoms with van der Waals surface area (Å²) in [4.78, 5) is 3.60. The smallest absolute Gasteiger partial charge is 0.214 e. The maximum Gasteiger partial charge on any atom is 0.453 e. The lowest BCUT2D eigenvalue weighted by Gasteiger charge is -2.08. The highest BCUT2D eigenvalue weighted by molar-refractivity contribution is 5.83. The maximum atomic E-state index is 13.0. The van der Waals surface area contributed by atoms with Crippen molar-refractivity contribution in [3.8, 4) is 5.82 Å². The normalized spacial score (nSPS) is 12.4. The zero-order valence-corrected chi connectivity index (χ0v) is 12.8. The Morgan fingerprint density at radius 2 is 1.88 bits per heavy atom. The monoisotopic (exact) mass is 331 g/mol. The first-order valence-corrected chi connectivity index (χ1v) is 7.23. The standard InChI is InChI=1S/C16H12F3N5/c1-9-6-12-21-15(16(17,18)19)22-23(12)13(7-9)24-14-10(2)4-3-5-11(14)8-20-24/h3-8H,1-2H3. The second-order valence-electron chi connectivity index (χ2n) is 5.66. The summed E-state index contributed by atoms with van der Waals surface area (Å²) in [7, 11) is 0. The molecule has 24 heavy (non-hydrogen) atoms. The molecule has 0 spiro atoms. The van der Waals surface area contributed by atoms with E-state index in [-0.39, 0.29) is 5.65 Å². The molecule has 0 fully saturated rings. The molecule has 0 aliphatic carbocycles. The second-order valence-corrected chi connectivity index (χ2v) is 5.66. The third-order valence-corrected chi connectivity index (χ3v) is 3.83. The van der Waals surface area contributed by atoms with E-state index in [1.54, 1.807) is 29.9 Å². The van der Waals surface area contributed by atoms with Gasteiger partial charge in [0.15, 0.2) is 11.5 Å². The molecule has 3 heterocycles. The molecule has 0 radical (unpaired) electrons. The van der Waals surface area contributed by atoms with Crippen LogP contribution in [-0.4, -0.2) is 24.4 Å². The summed E-state index contributed by atoms with van der Waals surface area (Å²) < 4.78 is 41.6. The lowest BCUT2D eigenvalue weighted by atomic mass is 10.2. The van der Waals surface area contributed by atoms with Crippen molar-refractivity contribution < 1.29 is 13.2 Å². The van der Waals surface area contributed by atoms with Crippen molar-refractivity contribution in [3.05, 3.63) is 53.5 Å². The molecule has 5 nitrogen and oxygen atoms in total. The number of para-hydroxylation sites is 1. The Bertz CT molecular complexity index is 1070. The molecule has 3 aromatic heterocycles. The molecule has 1 aromatic carbocycles. The van der Waals surface area contributed by atoms with Crippen molar-refractivity contribution in [3.63, 3.8) is 0 Å². The highest BCUT2D eigenvalue weighted by atomic mass is 19.4. The number of pyridine rings is 1. The van der Waals surface area contributed by atoms with Crippen LogP contribution in [-0.2, 0) is 6.18 Å². The maximum absolute atomic E-state index is 13.0. The van der Waals surface area contributed by atoms with Crippen LogP contribution in [0.2, 0.25) is 0 Å². The van der Waals surface area contributed by atoms with Crippen LogP contribution in [0.3, 0.4) is 0 Å². The molecule has 0 N–H and O–H groups in total. The first-order chi connectivity index (χ1) is 11.3. The van der Waals surface area contributed by atoms with E-state index in [2.05, 4.69) is 15.2 Å². The number of aryl methyl sites for hydroxylation is 2. The number of halogens is 3. The molecule has 0 unspecified atom stereocenters. The minimum atomic E-state index is -4.60. The highest BCUT2D eigenvalue weighted by Crippen LogP contribution is 2.28. The zero-order valence-electron chi connectivity index (χ0n) is 12.8. The minimum absolute atomic E-state index is 0.134. The van der Waals surface area contributed by atoms with Crippen LogP contribution in [0.1, 0.15) is 17.0 Å². The van der Waals surface area contributed by atoms with Crippen LogP contribution >= 0.6 is 0 Å². The van der Waals surface area contributed by atoms with Gasteiger partial charge in [0, 0.05) is 5.39 Å². The van der Waals surface area contributed by atoms with Crippen LogP contribution in [0.15, 0.2) is 36.5 Å². The molecule has 122 valence electrons. The molecule has 4 rings (SSSR count). The van der Waals surface area contributed by atoms with Crippen molar-refractivity contribution in [1.29, 1.82) is 0 Å². The SMILES string of the molecule is Cc1cc(-n2ncc3cccc(C)c32)n2nc(C(F)(F)F)nc2c1. The van der Waals surface area contributed by atoms with Crippen LogP contribution in [0.5, 0.6) is 0 Å². The number of rotatable bonds is 1. The van der Waals surface area contributed by atoms with E-state index in [0.717, 1.165) is 22.0 Å². The van der Waals surface area contributed by atoms with E-state index in [1.807, 2.05) is 25.1 Å². The Labute approximate surface area is 134 Å². The fraction of sp³-hybridized carbons (Fsp3) is 0.188. The van der Waals surface area contributed by atoms with Gasteiger partial charge in [-0.15, -0.1) is 5.10 Å². The molecule has 0 amide bonds. The van der Waals surface area contributed by atoms with E-state index < -0.39 is 12.0 Å². The van der Waals surface area contributed by atoms with E-state index in [9.17, 15) is 13.2 Å². The van der Waals surface area contributed by atoms with Crippen molar-refractivity contribution in [2.45, 2.75) is 20.0 Å². The predicted molar refractivity (Wildman–Crippen MR) is 82.1 cm³/mol. The highest BCUT2D eigenvalue weighted by Gasteiger charge is 2.36. The van der Waals surface area contributed by atoms with Crippen molar-refractivity contribution >= 4 is 16.6 Å². The Kier molecular flexibility index (Phi) is 2.93. The number of aromatic nitrogens is 5.